The van der Waals surface area contributed by atoms with Gasteiger partial charge in [-0.1, -0.05) is 197 Å². The SMILES string of the molecule is CC(C)Cc1ccc2[cH-]c(-c3ccccc3)cc2c1-c1ccccc1.CC(C)Cc1ccc2[cH-]c(-c3ccccc3)cc2c1-c1ccccc1.C[Si]C.[Cl][Zr+2][Cl]. The zero-order chi connectivity index (χ0) is 39.9. The monoisotopic (exact) mass is 864 g/mol. The Morgan fingerprint density at radius 3 is 1.04 bits per heavy atom. The quantitative estimate of drug-likeness (QED) is 0.105. The average Bonchev–Trinajstić information content (AvgIpc) is 3.85. The normalized spacial score (nSPS) is 10.6. The predicted octanol–water partition coefficient (Wildman–Crippen LogP) is 16.3. The molecule has 0 aliphatic carbocycles. The summed E-state index contributed by atoms with van der Waals surface area (Å²) < 4.78 is 0. The van der Waals surface area contributed by atoms with Crippen LogP contribution in [0.25, 0.3) is 66.1 Å². The van der Waals surface area contributed by atoms with Gasteiger partial charge >= 0.3 is 37.9 Å². The number of rotatable bonds is 8. The third kappa shape index (κ3) is 11.6. The van der Waals surface area contributed by atoms with Crippen LogP contribution < -0.4 is 0 Å². The number of halogens is 2. The predicted molar refractivity (Wildman–Crippen MR) is 247 cm³/mol. The topological polar surface area (TPSA) is 0 Å². The second kappa shape index (κ2) is 22.2. The van der Waals surface area contributed by atoms with Gasteiger partial charge in [-0.3, -0.25) is 0 Å². The molecule has 0 spiro atoms. The molecule has 56 heavy (non-hydrogen) atoms. The van der Waals surface area contributed by atoms with Crippen LogP contribution in [0.3, 0.4) is 0 Å². The molecule has 0 saturated carbocycles. The van der Waals surface area contributed by atoms with Crippen LogP contribution in [0.5, 0.6) is 0 Å². The summed E-state index contributed by atoms with van der Waals surface area (Å²) in [5.74, 6) is 1.28. The molecule has 8 rings (SSSR count). The fraction of sp³-hybridized carbons (Fsp3) is 0.192. The maximum absolute atomic E-state index is 4.93. The van der Waals surface area contributed by atoms with E-state index in [-0.39, 0.29) is 0 Å². The molecule has 0 atom stereocenters. The van der Waals surface area contributed by atoms with E-state index in [1.807, 2.05) is 0 Å². The molecule has 0 aromatic heterocycles. The van der Waals surface area contributed by atoms with E-state index >= 15 is 0 Å². The fourth-order valence-corrected chi connectivity index (χ4v) is 7.36. The molecule has 0 fully saturated rings. The second-order valence-corrected chi connectivity index (χ2v) is 19.7. The molecule has 282 valence electrons. The maximum atomic E-state index is 4.93. The molecule has 2 radical (unpaired) electrons. The van der Waals surface area contributed by atoms with Crippen LogP contribution in [0.15, 0.2) is 170 Å². The summed E-state index contributed by atoms with van der Waals surface area (Å²) in [5.41, 5.74) is 13.5. The van der Waals surface area contributed by atoms with Gasteiger partial charge in [0, 0.05) is 9.52 Å². The van der Waals surface area contributed by atoms with Gasteiger partial charge in [0.2, 0.25) is 0 Å². The minimum absolute atomic E-state index is 0.642. The van der Waals surface area contributed by atoms with E-state index in [0.717, 1.165) is 22.4 Å². The van der Waals surface area contributed by atoms with Gasteiger partial charge in [0.1, 0.15) is 0 Å². The molecule has 0 saturated heterocycles. The molecular weight excluding hydrogens is 815 g/mol. The Hall–Kier alpha value is -3.78. The van der Waals surface area contributed by atoms with Gasteiger partial charge in [0.05, 0.1) is 0 Å². The van der Waals surface area contributed by atoms with Crippen LogP contribution in [0.4, 0.5) is 0 Å². The molecule has 8 aromatic rings. The number of fused-ring (bicyclic) bond motifs is 2. The third-order valence-electron chi connectivity index (χ3n) is 9.55. The van der Waals surface area contributed by atoms with Gasteiger partial charge in [0.25, 0.3) is 0 Å². The summed E-state index contributed by atoms with van der Waals surface area (Å²) in [6.45, 7) is 13.5. The van der Waals surface area contributed by atoms with Crippen LogP contribution in [0, 0.1) is 11.8 Å². The van der Waals surface area contributed by atoms with Crippen molar-refractivity contribution < 1.29 is 20.8 Å². The first-order valence-electron chi connectivity index (χ1n) is 19.5. The van der Waals surface area contributed by atoms with Crippen molar-refractivity contribution in [2.75, 3.05) is 0 Å². The summed E-state index contributed by atoms with van der Waals surface area (Å²) in [6, 6.07) is 61.5. The molecule has 0 bridgehead atoms. The summed E-state index contributed by atoms with van der Waals surface area (Å²) in [7, 11) is 11.0. The van der Waals surface area contributed by atoms with E-state index in [2.05, 4.69) is 211 Å². The van der Waals surface area contributed by atoms with Crippen molar-refractivity contribution in [3.05, 3.63) is 181 Å². The molecule has 0 unspecified atom stereocenters. The Balaban J connectivity index is 0.000000188. The number of hydrogen-bond acceptors (Lipinski definition) is 0. The van der Waals surface area contributed by atoms with Gasteiger partial charge in [-0.15, -0.1) is 69.1 Å². The first kappa shape index (κ1) is 43.3. The van der Waals surface area contributed by atoms with Crippen LogP contribution in [-0.4, -0.2) is 9.52 Å². The molecule has 0 amide bonds. The van der Waals surface area contributed by atoms with E-state index in [1.165, 1.54) is 77.2 Å². The molecule has 0 heterocycles. The number of hydrogen-bond donors (Lipinski definition) is 0. The summed E-state index contributed by atoms with van der Waals surface area (Å²) in [5, 5.41) is 5.38. The minimum atomic E-state index is -0.826. The van der Waals surface area contributed by atoms with E-state index in [1.54, 1.807) is 0 Å². The molecule has 8 aromatic carbocycles. The van der Waals surface area contributed by atoms with Crippen molar-refractivity contribution in [3.8, 4) is 44.5 Å². The Labute approximate surface area is 357 Å². The molecule has 0 N–H and O–H groups in total. The Morgan fingerprint density at radius 1 is 0.464 bits per heavy atom. The van der Waals surface area contributed by atoms with E-state index < -0.39 is 20.8 Å². The van der Waals surface area contributed by atoms with Crippen molar-refractivity contribution >= 4 is 48.1 Å². The van der Waals surface area contributed by atoms with Crippen molar-refractivity contribution in [1.29, 1.82) is 0 Å². The Morgan fingerprint density at radius 2 is 0.750 bits per heavy atom. The van der Waals surface area contributed by atoms with Crippen LogP contribution in [0.1, 0.15) is 38.8 Å². The Bertz CT molecular complexity index is 2170. The second-order valence-electron chi connectivity index (χ2n) is 14.9. The van der Waals surface area contributed by atoms with E-state index in [9.17, 15) is 0 Å². The first-order chi connectivity index (χ1) is 27.3. The summed E-state index contributed by atoms with van der Waals surface area (Å²) >= 11 is -0.826. The van der Waals surface area contributed by atoms with Crippen molar-refractivity contribution in [1.82, 2.24) is 0 Å². The molecule has 0 aliphatic rings. The fourth-order valence-electron chi connectivity index (χ4n) is 7.36. The molecule has 0 nitrogen and oxygen atoms in total. The molecule has 0 aliphatic heterocycles. The van der Waals surface area contributed by atoms with Gasteiger partial charge < -0.3 is 0 Å². The molecule has 4 heteroatoms. The van der Waals surface area contributed by atoms with Gasteiger partial charge in [0.15, 0.2) is 0 Å². The van der Waals surface area contributed by atoms with Crippen molar-refractivity contribution in [2.24, 2.45) is 11.8 Å². The number of benzene rings is 6. The zero-order valence-corrected chi connectivity index (χ0v) is 38.5. The third-order valence-corrected chi connectivity index (χ3v) is 9.55. The van der Waals surface area contributed by atoms with Gasteiger partial charge in [-0.05, 0) is 46.9 Å². The zero-order valence-electron chi connectivity index (χ0n) is 33.5. The summed E-state index contributed by atoms with van der Waals surface area (Å²) in [4.78, 5) is 0. The van der Waals surface area contributed by atoms with Crippen molar-refractivity contribution in [2.45, 2.75) is 53.6 Å². The average molecular weight is 867 g/mol. The van der Waals surface area contributed by atoms with E-state index in [0.29, 0.717) is 11.8 Å². The van der Waals surface area contributed by atoms with Gasteiger partial charge in [-0.25, -0.2) is 0 Å². The van der Waals surface area contributed by atoms with Crippen LogP contribution in [0.2, 0.25) is 13.1 Å². The Kier molecular flexibility index (Phi) is 17.2. The standard InChI is InChI=1S/2C25H23.C2H6Si.2ClH.Zr/c2*1-18(2)15-22-14-13-21-16-23(19-9-5-3-6-10-19)17-24(21)25(22)20-11-7-4-8-12-20;1-3-2;;;/h2*3-14,16-18H,15H2,1-2H3;1-2H3;2*1H;/q2*-1;;;;+4/p-2. The summed E-state index contributed by atoms with van der Waals surface area (Å²) in [6.07, 6.45) is 2.21. The van der Waals surface area contributed by atoms with E-state index in [4.69, 9.17) is 17.0 Å². The van der Waals surface area contributed by atoms with Crippen molar-refractivity contribution in [3.63, 3.8) is 0 Å². The molecular formula is C52H52Cl2SiZr. The first-order valence-corrected chi connectivity index (χ1v) is 27.8. The van der Waals surface area contributed by atoms with Gasteiger partial charge in [-0.2, -0.15) is 0 Å². The van der Waals surface area contributed by atoms with Crippen LogP contribution >= 0.6 is 17.0 Å². The van der Waals surface area contributed by atoms with Crippen LogP contribution in [-0.2, 0) is 33.7 Å².